The zero-order valence-electron chi connectivity index (χ0n) is 7.55. The third-order valence-corrected chi connectivity index (χ3v) is 3.26. The third kappa shape index (κ3) is 2.49. The lowest BCUT2D eigenvalue weighted by atomic mass is 10.2. The van der Waals surface area contributed by atoms with Crippen LogP contribution in [0.2, 0.25) is 0 Å². The molecule has 0 saturated heterocycles. The molecule has 2 rings (SSSR count). The minimum absolute atomic E-state index is 0.338. The minimum atomic E-state index is -3.55. The van der Waals surface area contributed by atoms with E-state index in [1.165, 1.54) is 6.08 Å². The van der Waals surface area contributed by atoms with Crippen molar-refractivity contribution < 1.29 is 12.6 Å². The topological polar surface area (TPSA) is 43.4 Å². The Hall–Kier alpha value is -1.07. The van der Waals surface area contributed by atoms with E-state index in [0.29, 0.717) is 5.76 Å². The van der Waals surface area contributed by atoms with E-state index in [2.05, 4.69) is 15.9 Å². The van der Waals surface area contributed by atoms with Crippen LogP contribution in [0.1, 0.15) is 5.56 Å². The van der Waals surface area contributed by atoms with Crippen molar-refractivity contribution >= 4 is 31.8 Å². The van der Waals surface area contributed by atoms with Gasteiger partial charge in [-0.25, -0.2) is 0 Å². The first-order valence-electron chi connectivity index (χ1n) is 4.16. The molecule has 1 aromatic rings. The first kappa shape index (κ1) is 10.4. The second kappa shape index (κ2) is 3.83. The van der Waals surface area contributed by atoms with Crippen molar-refractivity contribution in [3.05, 3.63) is 51.9 Å². The normalized spacial score (nSPS) is 18.1. The highest BCUT2D eigenvalue weighted by Gasteiger charge is 2.15. The van der Waals surface area contributed by atoms with Gasteiger partial charge in [-0.15, -0.1) is 0 Å². The molecule has 0 atom stereocenters. The fraction of sp³-hybridized carbons (Fsp3) is 0. The Morgan fingerprint density at radius 3 is 2.40 bits per heavy atom. The van der Waals surface area contributed by atoms with E-state index in [1.54, 1.807) is 18.2 Å². The average Bonchev–Trinajstić information content (AvgIpc) is 2.17. The van der Waals surface area contributed by atoms with Gasteiger partial charge in [0.25, 0.3) is 0 Å². The van der Waals surface area contributed by atoms with Crippen LogP contribution in [0.25, 0.3) is 5.76 Å². The quantitative estimate of drug-likeness (QED) is 0.746. The summed E-state index contributed by atoms with van der Waals surface area (Å²) >= 11 is 3.30. The summed E-state index contributed by atoms with van der Waals surface area (Å²) in [4.78, 5) is 0. The standard InChI is InChI=1S/C10H7BrO3S/c11-9-5-3-8(4-6-9)10-2-1-7-15(12,13)14-10/h1-7H. The first-order valence-corrected chi connectivity index (χ1v) is 6.42. The molecule has 78 valence electrons. The van der Waals surface area contributed by atoms with Crippen LogP contribution in [-0.4, -0.2) is 8.42 Å². The van der Waals surface area contributed by atoms with Crippen molar-refractivity contribution in [1.29, 1.82) is 0 Å². The van der Waals surface area contributed by atoms with Crippen LogP contribution in [0.5, 0.6) is 0 Å². The summed E-state index contributed by atoms with van der Waals surface area (Å²) < 4.78 is 28.0. The largest absolute Gasteiger partial charge is 0.379 e. The van der Waals surface area contributed by atoms with E-state index in [1.807, 2.05) is 12.1 Å². The Labute approximate surface area is 96.3 Å². The van der Waals surface area contributed by atoms with Gasteiger partial charge in [-0.3, -0.25) is 0 Å². The molecule has 1 heterocycles. The van der Waals surface area contributed by atoms with Gasteiger partial charge in [-0.05, 0) is 24.3 Å². The van der Waals surface area contributed by atoms with Crippen molar-refractivity contribution in [2.75, 3.05) is 0 Å². The van der Waals surface area contributed by atoms with Gasteiger partial charge in [0.05, 0.1) is 5.41 Å². The molecule has 1 aromatic carbocycles. The van der Waals surface area contributed by atoms with Gasteiger partial charge in [-0.1, -0.05) is 28.1 Å². The van der Waals surface area contributed by atoms with Crippen molar-refractivity contribution in [3.63, 3.8) is 0 Å². The summed E-state index contributed by atoms with van der Waals surface area (Å²) in [5.41, 5.74) is 0.728. The van der Waals surface area contributed by atoms with Gasteiger partial charge in [0.1, 0.15) is 5.76 Å². The highest BCUT2D eigenvalue weighted by atomic mass is 79.9. The number of halogens is 1. The molecular formula is C10H7BrO3S. The molecule has 0 radical (unpaired) electrons. The molecule has 1 aliphatic heterocycles. The van der Waals surface area contributed by atoms with Gasteiger partial charge in [-0.2, -0.15) is 8.42 Å². The molecule has 0 unspecified atom stereocenters. The lowest BCUT2D eigenvalue weighted by molar-refractivity contribution is 0.472. The number of hydrogen-bond donors (Lipinski definition) is 0. The molecule has 15 heavy (non-hydrogen) atoms. The van der Waals surface area contributed by atoms with Crippen LogP contribution >= 0.6 is 15.9 Å². The summed E-state index contributed by atoms with van der Waals surface area (Å²) in [6.45, 7) is 0. The number of rotatable bonds is 1. The zero-order valence-corrected chi connectivity index (χ0v) is 9.95. The molecule has 0 fully saturated rings. The van der Waals surface area contributed by atoms with Gasteiger partial charge in [0.2, 0.25) is 0 Å². The summed E-state index contributed by atoms with van der Waals surface area (Å²) in [5.74, 6) is 0.338. The molecular weight excluding hydrogens is 280 g/mol. The number of allylic oxidation sites excluding steroid dienone is 2. The Morgan fingerprint density at radius 2 is 1.80 bits per heavy atom. The summed E-state index contributed by atoms with van der Waals surface area (Å²) in [5, 5.41) is 1.02. The first-order chi connectivity index (χ1) is 7.07. The number of benzene rings is 1. The lowest BCUT2D eigenvalue weighted by Gasteiger charge is -2.10. The molecule has 0 N–H and O–H groups in total. The highest BCUT2D eigenvalue weighted by molar-refractivity contribution is 9.10. The van der Waals surface area contributed by atoms with Gasteiger partial charge >= 0.3 is 10.1 Å². The van der Waals surface area contributed by atoms with Crippen LogP contribution in [0.4, 0.5) is 0 Å². The van der Waals surface area contributed by atoms with E-state index in [9.17, 15) is 8.42 Å². The number of hydrogen-bond acceptors (Lipinski definition) is 3. The van der Waals surface area contributed by atoms with Gasteiger partial charge < -0.3 is 4.18 Å². The summed E-state index contributed by atoms with van der Waals surface area (Å²) in [6, 6.07) is 7.21. The van der Waals surface area contributed by atoms with Crippen LogP contribution in [0, 0.1) is 0 Å². The maximum Gasteiger partial charge on any atom is 0.332 e. The lowest BCUT2D eigenvalue weighted by Crippen LogP contribution is -2.04. The Bertz CT molecular complexity index is 526. The van der Waals surface area contributed by atoms with E-state index in [4.69, 9.17) is 4.18 Å². The molecule has 0 aliphatic carbocycles. The predicted octanol–water partition coefficient (Wildman–Crippen LogP) is 2.66. The van der Waals surface area contributed by atoms with Crippen molar-refractivity contribution in [2.24, 2.45) is 0 Å². The maximum absolute atomic E-state index is 11.1. The van der Waals surface area contributed by atoms with Crippen LogP contribution in [0.3, 0.4) is 0 Å². The Balaban J connectivity index is 2.37. The minimum Gasteiger partial charge on any atom is -0.379 e. The molecule has 3 nitrogen and oxygen atoms in total. The monoisotopic (exact) mass is 286 g/mol. The SMILES string of the molecule is O=S1(=O)C=CC=C(c2ccc(Br)cc2)O1. The molecule has 1 aliphatic rings. The maximum atomic E-state index is 11.1. The van der Waals surface area contributed by atoms with Crippen LogP contribution < -0.4 is 0 Å². The Morgan fingerprint density at radius 1 is 1.13 bits per heavy atom. The Kier molecular flexibility index (Phi) is 2.67. The summed E-state index contributed by atoms with van der Waals surface area (Å²) in [7, 11) is -3.55. The van der Waals surface area contributed by atoms with E-state index < -0.39 is 10.1 Å². The van der Waals surface area contributed by atoms with Gasteiger partial charge in [0, 0.05) is 10.0 Å². The molecule has 0 bridgehead atoms. The molecule has 0 aromatic heterocycles. The van der Waals surface area contributed by atoms with E-state index in [-0.39, 0.29) is 0 Å². The fourth-order valence-corrected chi connectivity index (χ4v) is 2.16. The third-order valence-electron chi connectivity index (χ3n) is 1.83. The van der Waals surface area contributed by atoms with E-state index >= 15 is 0 Å². The van der Waals surface area contributed by atoms with Crippen molar-refractivity contribution in [1.82, 2.24) is 0 Å². The smallest absolute Gasteiger partial charge is 0.332 e. The van der Waals surface area contributed by atoms with E-state index in [0.717, 1.165) is 15.4 Å². The molecule has 5 heteroatoms. The van der Waals surface area contributed by atoms with Gasteiger partial charge in [0.15, 0.2) is 0 Å². The van der Waals surface area contributed by atoms with Crippen molar-refractivity contribution in [3.8, 4) is 0 Å². The zero-order chi connectivity index (χ0) is 10.9. The van der Waals surface area contributed by atoms with Crippen molar-refractivity contribution in [2.45, 2.75) is 0 Å². The summed E-state index contributed by atoms with van der Waals surface area (Å²) in [6.07, 6.45) is 3.07. The molecule has 0 amide bonds. The molecule has 0 saturated carbocycles. The molecule has 0 spiro atoms. The van der Waals surface area contributed by atoms with Crippen LogP contribution in [0.15, 0.2) is 46.3 Å². The average molecular weight is 287 g/mol. The second-order valence-electron chi connectivity index (χ2n) is 2.94. The highest BCUT2D eigenvalue weighted by Crippen LogP contribution is 2.23. The van der Waals surface area contributed by atoms with Crippen LogP contribution in [-0.2, 0) is 14.3 Å². The predicted molar refractivity (Wildman–Crippen MR) is 61.3 cm³/mol. The fourth-order valence-electron chi connectivity index (χ4n) is 1.16. The second-order valence-corrected chi connectivity index (χ2v) is 5.28.